The molecular weight excluding hydrogens is 602 g/mol. The average molecular weight is 631 g/mol. The van der Waals surface area contributed by atoms with Crippen LogP contribution >= 0.6 is 0 Å². The quantitative estimate of drug-likeness (QED) is 0.127. The van der Waals surface area contributed by atoms with E-state index in [1.54, 1.807) is 48.5 Å². The first-order valence-corrected chi connectivity index (χ1v) is 13.6. The number of rotatable bonds is 12. The van der Waals surface area contributed by atoms with E-state index >= 15 is 0 Å². The van der Waals surface area contributed by atoms with Gasteiger partial charge in [0.05, 0.1) is 24.6 Å². The van der Waals surface area contributed by atoms with Gasteiger partial charge in [-0.05, 0) is 95.1 Å². The van der Waals surface area contributed by atoms with Crippen LogP contribution in [0.4, 0.5) is 37.7 Å². The van der Waals surface area contributed by atoms with Crippen LogP contribution in [0.2, 0.25) is 0 Å². The zero-order chi connectivity index (χ0) is 32.5. The lowest BCUT2D eigenvalue weighted by atomic mass is 9.73. The molecule has 0 fully saturated rings. The lowest BCUT2D eigenvalue weighted by molar-refractivity contribution is -0.288. The van der Waals surface area contributed by atoms with Gasteiger partial charge in [-0.3, -0.25) is 9.98 Å². The van der Waals surface area contributed by atoms with E-state index in [1.165, 1.54) is 12.4 Å². The van der Waals surface area contributed by atoms with Crippen molar-refractivity contribution in [3.8, 4) is 11.5 Å². The van der Waals surface area contributed by atoms with Gasteiger partial charge in [-0.2, -0.15) is 26.3 Å². The third-order valence-electron chi connectivity index (χ3n) is 6.66. The number of halogens is 6. The number of benzene rings is 4. The largest absolute Gasteiger partial charge is 0.491 e. The Labute approximate surface area is 254 Å². The van der Waals surface area contributed by atoms with Crippen molar-refractivity contribution in [1.82, 2.24) is 0 Å². The van der Waals surface area contributed by atoms with Crippen LogP contribution in [0.15, 0.2) is 107 Å². The van der Waals surface area contributed by atoms with Crippen molar-refractivity contribution < 1.29 is 46.0 Å². The predicted octanol–water partition coefficient (Wildman–Crippen LogP) is 7.34. The minimum atomic E-state index is -5.74. The van der Waals surface area contributed by atoms with Crippen LogP contribution in [0, 0.1) is 0 Å². The number of aliphatic hydroxyl groups is 2. The molecule has 0 radical (unpaired) electrons. The first kappa shape index (κ1) is 33.2. The predicted molar refractivity (Wildman–Crippen MR) is 158 cm³/mol. The van der Waals surface area contributed by atoms with E-state index in [-0.39, 0.29) is 37.8 Å². The van der Waals surface area contributed by atoms with Crippen molar-refractivity contribution in [3.63, 3.8) is 0 Å². The van der Waals surface area contributed by atoms with Gasteiger partial charge in [0.25, 0.3) is 0 Å². The van der Waals surface area contributed by atoms with Gasteiger partial charge in [0.2, 0.25) is 5.41 Å². The molecule has 0 spiro atoms. The minimum Gasteiger partial charge on any atom is -0.491 e. The maximum atomic E-state index is 14.6. The molecule has 0 saturated carbocycles. The van der Waals surface area contributed by atoms with Gasteiger partial charge >= 0.3 is 12.4 Å². The van der Waals surface area contributed by atoms with Gasteiger partial charge in [0.15, 0.2) is 0 Å². The Morgan fingerprint density at radius 2 is 0.844 bits per heavy atom. The maximum Gasteiger partial charge on any atom is 0.411 e. The summed E-state index contributed by atoms with van der Waals surface area (Å²) >= 11 is 0. The molecule has 4 rings (SSSR count). The molecule has 12 heteroatoms. The number of nitrogens with zero attached hydrogens (tertiary/aromatic N) is 2. The molecule has 0 aliphatic rings. The van der Waals surface area contributed by atoms with E-state index in [4.69, 9.17) is 19.7 Å². The van der Waals surface area contributed by atoms with Gasteiger partial charge in [-0.1, -0.05) is 24.3 Å². The summed E-state index contributed by atoms with van der Waals surface area (Å²) in [6.45, 7) is -0.0600. The van der Waals surface area contributed by atoms with Crippen LogP contribution in [0.25, 0.3) is 0 Å². The third-order valence-corrected chi connectivity index (χ3v) is 6.66. The molecule has 6 nitrogen and oxygen atoms in total. The Kier molecular flexibility index (Phi) is 10.6. The molecule has 2 N–H and O–H groups in total. The second kappa shape index (κ2) is 14.4. The molecule has 4 aromatic rings. The summed E-state index contributed by atoms with van der Waals surface area (Å²) < 4.78 is 98.0. The van der Waals surface area contributed by atoms with Crippen LogP contribution in [-0.4, -0.2) is 61.4 Å². The smallest absolute Gasteiger partial charge is 0.411 e. The lowest BCUT2D eigenvalue weighted by Gasteiger charge is -2.38. The van der Waals surface area contributed by atoms with E-state index in [2.05, 4.69) is 9.98 Å². The van der Waals surface area contributed by atoms with Crippen molar-refractivity contribution in [3.05, 3.63) is 119 Å². The molecule has 0 aliphatic carbocycles. The highest BCUT2D eigenvalue weighted by Crippen LogP contribution is 2.56. The lowest BCUT2D eigenvalue weighted by Crippen LogP contribution is -2.54. The molecule has 0 atom stereocenters. The number of hydrogen-bond acceptors (Lipinski definition) is 6. The van der Waals surface area contributed by atoms with Crippen molar-refractivity contribution >= 4 is 23.8 Å². The molecule has 236 valence electrons. The topological polar surface area (TPSA) is 83.6 Å². The molecule has 0 amide bonds. The normalized spacial score (nSPS) is 12.6. The molecule has 0 saturated heterocycles. The van der Waals surface area contributed by atoms with Gasteiger partial charge < -0.3 is 19.7 Å². The third kappa shape index (κ3) is 7.89. The van der Waals surface area contributed by atoms with Gasteiger partial charge in [-0.15, -0.1) is 0 Å². The minimum absolute atomic E-state index is 0.119. The summed E-state index contributed by atoms with van der Waals surface area (Å²) in [5, 5.41) is 17.6. The zero-order valence-corrected chi connectivity index (χ0v) is 23.6. The van der Waals surface area contributed by atoms with Crippen LogP contribution in [0.5, 0.6) is 11.5 Å². The summed E-state index contributed by atoms with van der Waals surface area (Å²) in [5.41, 5.74) is -4.80. The Hall–Kier alpha value is -4.68. The Balaban J connectivity index is 1.59. The second-order valence-electron chi connectivity index (χ2n) is 9.64. The molecular formula is C33H28F6N2O4. The second-order valence-corrected chi connectivity index (χ2v) is 9.64. The van der Waals surface area contributed by atoms with Gasteiger partial charge in [-0.25, -0.2) is 0 Å². The summed E-state index contributed by atoms with van der Waals surface area (Å²) in [6, 6.07) is 20.6. The van der Waals surface area contributed by atoms with Gasteiger partial charge in [0.1, 0.15) is 24.7 Å². The molecule has 45 heavy (non-hydrogen) atoms. The fourth-order valence-electron chi connectivity index (χ4n) is 4.50. The maximum absolute atomic E-state index is 14.6. The molecule has 0 heterocycles. The zero-order valence-electron chi connectivity index (χ0n) is 23.6. The number of aliphatic imine (C=N–C) groups is 2. The number of hydrogen-bond donors (Lipinski definition) is 2. The number of aliphatic hydroxyl groups excluding tert-OH is 2. The number of ether oxygens (including phenoxy) is 2. The van der Waals surface area contributed by atoms with E-state index in [0.29, 0.717) is 22.6 Å². The summed E-state index contributed by atoms with van der Waals surface area (Å²) in [6.07, 6.45) is -8.66. The van der Waals surface area contributed by atoms with Crippen molar-refractivity contribution in [2.45, 2.75) is 17.8 Å². The summed E-state index contributed by atoms with van der Waals surface area (Å²) in [4.78, 5) is 8.32. The molecule has 0 unspecified atom stereocenters. The standard InChI is InChI=1S/C33H28F6N2O4/c34-32(35,36)31(33(37,38)39,25-5-9-27(10-6-25)40-21-23-1-13-29(14-2-23)44-19-17-42)26-7-11-28(12-8-26)41-22-24-3-15-30(16-4-24)45-20-18-43/h1-16,21-22,42-43H,17-20H2/b40-21+,41-22+. The Morgan fingerprint density at radius 3 is 1.13 bits per heavy atom. The SMILES string of the molecule is OCCOc1ccc(/C=N/c2ccc(C(c3ccc(/N=C/c4ccc(OCCO)cc4)cc3)(C(F)(F)F)C(F)(F)F)cc2)cc1. The molecule has 0 aromatic heterocycles. The molecule has 0 aliphatic heterocycles. The Bertz CT molecular complexity index is 1450. The summed E-state index contributed by atoms with van der Waals surface area (Å²) in [7, 11) is 0. The van der Waals surface area contributed by atoms with E-state index in [1.807, 2.05) is 0 Å². The van der Waals surface area contributed by atoms with E-state index < -0.39 is 28.9 Å². The number of alkyl halides is 6. The average Bonchev–Trinajstić information content (AvgIpc) is 3.02. The first-order chi connectivity index (χ1) is 21.5. The van der Waals surface area contributed by atoms with Crippen LogP contribution in [0.1, 0.15) is 22.3 Å². The van der Waals surface area contributed by atoms with E-state index in [0.717, 1.165) is 48.5 Å². The van der Waals surface area contributed by atoms with Crippen molar-refractivity contribution in [2.75, 3.05) is 26.4 Å². The highest BCUT2D eigenvalue weighted by atomic mass is 19.4. The van der Waals surface area contributed by atoms with E-state index in [9.17, 15) is 26.3 Å². The monoisotopic (exact) mass is 630 g/mol. The van der Waals surface area contributed by atoms with Crippen LogP contribution in [0.3, 0.4) is 0 Å². The van der Waals surface area contributed by atoms with Crippen LogP contribution in [-0.2, 0) is 5.41 Å². The first-order valence-electron chi connectivity index (χ1n) is 13.6. The highest BCUT2D eigenvalue weighted by Gasteiger charge is 2.72. The fourth-order valence-corrected chi connectivity index (χ4v) is 4.50. The van der Waals surface area contributed by atoms with Gasteiger partial charge in [0, 0.05) is 12.4 Å². The molecule has 0 bridgehead atoms. The fraction of sp³-hybridized carbons (Fsp3) is 0.212. The van der Waals surface area contributed by atoms with Crippen LogP contribution < -0.4 is 9.47 Å². The van der Waals surface area contributed by atoms with Crippen molar-refractivity contribution in [2.24, 2.45) is 9.98 Å². The Morgan fingerprint density at radius 1 is 0.511 bits per heavy atom. The van der Waals surface area contributed by atoms with Crippen molar-refractivity contribution in [1.29, 1.82) is 0 Å². The highest BCUT2D eigenvalue weighted by molar-refractivity contribution is 5.82. The summed E-state index contributed by atoms with van der Waals surface area (Å²) in [5.74, 6) is 1.02. The molecule has 4 aromatic carbocycles.